The largest absolute Gasteiger partial charge is 0.385 e. The Hall–Kier alpha value is -1.93. The van der Waals surface area contributed by atoms with Gasteiger partial charge < -0.3 is 25.7 Å². The zero-order valence-corrected chi connectivity index (χ0v) is 22.3. The number of aliphatic hydroxyl groups excluding tert-OH is 1. The van der Waals surface area contributed by atoms with Gasteiger partial charge in [0.2, 0.25) is 0 Å². The van der Waals surface area contributed by atoms with Gasteiger partial charge in [0.05, 0.1) is 35.6 Å². The number of likely N-dealkylation sites (tertiary alicyclic amines) is 1. The quantitative estimate of drug-likeness (QED) is 0.215. The Bertz CT molecular complexity index is 1180. The van der Waals surface area contributed by atoms with Crippen LogP contribution in [0, 0.1) is 21.0 Å². The normalized spacial score (nSPS) is 21.0. The molecule has 1 unspecified atom stereocenters. The predicted molar refractivity (Wildman–Crippen MR) is 141 cm³/mol. The van der Waals surface area contributed by atoms with Gasteiger partial charge in [-0.05, 0) is 78.6 Å². The van der Waals surface area contributed by atoms with E-state index in [9.17, 15) is 28.2 Å². The molecule has 1 atom stereocenters. The van der Waals surface area contributed by atoms with Gasteiger partial charge >= 0.3 is 0 Å². The maximum atomic E-state index is 14.7. The molecule has 1 aliphatic heterocycles. The third-order valence-corrected chi connectivity index (χ3v) is 8.20. The van der Waals surface area contributed by atoms with E-state index >= 15 is 0 Å². The summed E-state index contributed by atoms with van der Waals surface area (Å²) in [6, 6.07) is 6.55. The fourth-order valence-corrected chi connectivity index (χ4v) is 5.65. The molecule has 11 heteroatoms. The summed E-state index contributed by atoms with van der Waals surface area (Å²) in [7, 11) is 0. The molecule has 2 saturated carbocycles. The van der Waals surface area contributed by atoms with Crippen LogP contribution in [0.2, 0.25) is 0 Å². The molecule has 7 nitrogen and oxygen atoms in total. The maximum absolute atomic E-state index is 14.7. The first-order valence-corrected chi connectivity index (χ1v) is 13.6. The highest BCUT2D eigenvalue weighted by atomic mass is 127. The minimum Gasteiger partial charge on any atom is -0.385 e. The Kier molecular flexibility index (Phi) is 7.44. The number of rotatable bonds is 9. The van der Waals surface area contributed by atoms with Gasteiger partial charge in [0, 0.05) is 16.2 Å². The van der Waals surface area contributed by atoms with Crippen LogP contribution in [-0.2, 0) is 0 Å². The van der Waals surface area contributed by atoms with Crippen molar-refractivity contribution in [3.63, 3.8) is 0 Å². The predicted octanol–water partition coefficient (Wildman–Crippen LogP) is 3.61. The van der Waals surface area contributed by atoms with Gasteiger partial charge in [-0.25, -0.2) is 13.2 Å². The lowest BCUT2D eigenvalue weighted by atomic mass is 9.89. The van der Waals surface area contributed by atoms with E-state index in [1.54, 1.807) is 6.07 Å². The summed E-state index contributed by atoms with van der Waals surface area (Å²) in [6.45, 7) is 0.145. The number of nitrogens with one attached hydrogen (secondary N) is 3. The summed E-state index contributed by atoms with van der Waals surface area (Å²) in [5.74, 6) is -3.74. The first-order valence-electron chi connectivity index (χ1n) is 12.5. The zero-order valence-electron chi connectivity index (χ0n) is 20.2. The number of aliphatic hydroxyl groups is 2. The fraction of sp³-hybridized carbons (Fsp3) is 0.500. The van der Waals surface area contributed by atoms with Crippen LogP contribution in [0.25, 0.3) is 0 Å². The second-order valence-electron chi connectivity index (χ2n) is 10.5. The van der Waals surface area contributed by atoms with E-state index in [-0.39, 0.29) is 30.9 Å². The average molecular weight is 630 g/mol. The number of carbonyl (C=O) groups is 1. The molecule has 1 heterocycles. The Labute approximate surface area is 226 Å². The van der Waals surface area contributed by atoms with Crippen molar-refractivity contribution in [2.24, 2.45) is 0 Å². The van der Waals surface area contributed by atoms with Gasteiger partial charge in [-0.1, -0.05) is 12.8 Å². The lowest BCUT2D eigenvalue weighted by molar-refractivity contribution is -0.0877. The standard InChI is InChI=1S/C26H30F3IN4O3/c27-18-7-6-17(22(21(18)29)33-20-8-3-15(30)11-19(20)28)23(35)34-13-25(37,14-34)12-31-26(9-1-2-10-26)24(36)32-16-4-5-16/h3,6-8,11,16,24,31-33,36-37H,1-2,4-5,9-10,12-14H2. The molecule has 0 aromatic heterocycles. The number of hydrogen-bond donors (Lipinski definition) is 5. The maximum Gasteiger partial charge on any atom is 0.256 e. The van der Waals surface area contributed by atoms with Gasteiger partial charge in [0.1, 0.15) is 17.6 Å². The van der Waals surface area contributed by atoms with Gasteiger partial charge in [0.25, 0.3) is 5.91 Å². The number of nitrogens with zero attached hydrogens (tertiary/aromatic N) is 1. The van der Waals surface area contributed by atoms with Crippen molar-refractivity contribution in [1.82, 2.24) is 15.5 Å². The molecule has 2 aliphatic carbocycles. The minimum atomic E-state index is -1.29. The third kappa shape index (κ3) is 5.60. The van der Waals surface area contributed by atoms with Crippen LogP contribution in [0.15, 0.2) is 30.3 Å². The first-order chi connectivity index (χ1) is 17.6. The van der Waals surface area contributed by atoms with Crippen molar-refractivity contribution >= 4 is 39.9 Å². The summed E-state index contributed by atoms with van der Waals surface area (Å²) >= 11 is 1.93. The SMILES string of the molecule is O=C(c1ccc(F)c(F)c1Nc1ccc(I)cc1F)N1CC(O)(CNC2(C(O)NC3CC3)CCCC2)C1. The summed E-state index contributed by atoms with van der Waals surface area (Å²) in [4.78, 5) is 14.5. The average Bonchev–Trinajstić information content (AvgIpc) is 3.52. The second kappa shape index (κ2) is 10.3. The molecule has 5 N–H and O–H groups in total. The molecular formula is C26H30F3IN4O3. The fourth-order valence-electron chi connectivity index (χ4n) is 5.19. The van der Waals surface area contributed by atoms with Gasteiger partial charge in [-0.15, -0.1) is 0 Å². The summed E-state index contributed by atoms with van der Waals surface area (Å²) in [5.41, 5.74) is -2.47. The highest BCUT2D eigenvalue weighted by Crippen LogP contribution is 2.36. The Morgan fingerprint density at radius 2 is 1.81 bits per heavy atom. The van der Waals surface area contributed by atoms with Crippen molar-refractivity contribution in [3.8, 4) is 0 Å². The number of amides is 1. The Morgan fingerprint density at radius 1 is 1.11 bits per heavy atom. The van der Waals surface area contributed by atoms with Crippen LogP contribution in [0.5, 0.6) is 0 Å². The second-order valence-corrected chi connectivity index (χ2v) is 11.7. The molecule has 37 heavy (non-hydrogen) atoms. The molecule has 0 spiro atoms. The van der Waals surface area contributed by atoms with Crippen molar-refractivity contribution < 1.29 is 28.2 Å². The van der Waals surface area contributed by atoms with Crippen LogP contribution in [0.3, 0.4) is 0 Å². The highest BCUT2D eigenvalue weighted by Gasteiger charge is 2.48. The van der Waals surface area contributed by atoms with Crippen LogP contribution >= 0.6 is 22.6 Å². The minimum absolute atomic E-state index is 0.0165. The number of hydrogen-bond acceptors (Lipinski definition) is 6. The van der Waals surface area contributed by atoms with Crippen LogP contribution in [0.1, 0.15) is 48.9 Å². The third-order valence-electron chi connectivity index (χ3n) is 7.53. The summed E-state index contributed by atoms with van der Waals surface area (Å²) in [6.07, 6.45) is 4.90. The molecule has 1 saturated heterocycles. The summed E-state index contributed by atoms with van der Waals surface area (Å²) in [5, 5.41) is 31.0. The van der Waals surface area contributed by atoms with Crippen molar-refractivity contribution in [3.05, 3.63) is 56.9 Å². The van der Waals surface area contributed by atoms with Crippen molar-refractivity contribution in [2.75, 3.05) is 25.0 Å². The van der Waals surface area contributed by atoms with E-state index in [0.717, 1.165) is 50.7 Å². The molecule has 1 amide bonds. The number of β-amino-alcohol motifs (C(OH)–C–C–N with tert-alkyl or cyclic N) is 1. The Balaban J connectivity index is 1.26. The Morgan fingerprint density at radius 3 is 2.46 bits per heavy atom. The topological polar surface area (TPSA) is 96.9 Å². The van der Waals surface area contributed by atoms with E-state index in [1.165, 1.54) is 17.0 Å². The van der Waals surface area contributed by atoms with E-state index < -0.39 is 46.4 Å². The zero-order chi connectivity index (χ0) is 26.4. The molecule has 2 aromatic rings. The monoisotopic (exact) mass is 630 g/mol. The number of halogens is 4. The molecule has 3 aliphatic rings. The summed E-state index contributed by atoms with van der Waals surface area (Å²) < 4.78 is 43.8. The number of anilines is 2. The van der Waals surface area contributed by atoms with Crippen LogP contribution in [-0.4, -0.2) is 64.1 Å². The van der Waals surface area contributed by atoms with E-state index in [1.807, 2.05) is 22.6 Å². The van der Waals surface area contributed by atoms with Gasteiger partial charge in [0.15, 0.2) is 11.6 Å². The van der Waals surface area contributed by atoms with Crippen molar-refractivity contribution in [1.29, 1.82) is 0 Å². The molecule has 0 bridgehead atoms. The van der Waals surface area contributed by atoms with E-state index in [0.29, 0.717) is 9.61 Å². The van der Waals surface area contributed by atoms with E-state index in [4.69, 9.17) is 0 Å². The van der Waals surface area contributed by atoms with Crippen molar-refractivity contribution in [2.45, 2.75) is 61.9 Å². The molecule has 5 rings (SSSR count). The number of benzene rings is 2. The van der Waals surface area contributed by atoms with E-state index in [2.05, 4.69) is 16.0 Å². The van der Waals surface area contributed by atoms with Gasteiger partial charge in [-0.2, -0.15) is 0 Å². The molecular weight excluding hydrogens is 600 g/mol. The first kappa shape index (κ1) is 26.7. The van der Waals surface area contributed by atoms with Crippen LogP contribution < -0.4 is 16.0 Å². The number of carbonyl (C=O) groups excluding carboxylic acids is 1. The molecule has 200 valence electrons. The smallest absolute Gasteiger partial charge is 0.256 e. The molecule has 3 fully saturated rings. The lowest BCUT2D eigenvalue weighted by Gasteiger charge is -2.48. The highest BCUT2D eigenvalue weighted by molar-refractivity contribution is 14.1. The lowest BCUT2D eigenvalue weighted by Crippen LogP contribution is -2.70. The van der Waals surface area contributed by atoms with Gasteiger partial charge in [-0.3, -0.25) is 10.1 Å². The molecule has 0 radical (unpaired) electrons. The van der Waals surface area contributed by atoms with Crippen LogP contribution in [0.4, 0.5) is 24.5 Å². The molecule has 2 aromatic carbocycles.